The molecule has 0 spiro atoms. The van der Waals surface area contributed by atoms with Crippen LogP contribution < -0.4 is 33.8 Å². The second-order valence-electron chi connectivity index (χ2n) is 10.7. The number of esters is 1. The molecule has 0 fully saturated rings. The molecule has 0 radical (unpaired) electrons. The maximum atomic E-state index is 14.1. The molecule has 0 saturated carbocycles. The minimum atomic E-state index is -0.773. The van der Waals surface area contributed by atoms with Crippen LogP contribution in [0.4, 0.5) is 0 Å². The van der Waals surface area contributed by atoms with Gasteiger partial charge in [-0.25, -0.2) is 9.79 Å². The lowest BCUT2D eigenvalue weighted by molar-refractivity contribution is -0.139. The number of methoxy groups -OCH3 is 1. The van der Waals surface area contributed by atoms with E-state index in [2.05, 4.69) is 18.8 Å². The van der Waals surface area contributed by atoms with E-state index in [-0.39, 0.29) is 18.3 Å². The van der Waals surface area contributed by atoms with E-state index in [0.717, 1.165) is 5.56 Å². The second kappa shape index (κ2) is 13.9. The summed E-state index contributed by atoms with van der Waals surface area (Å²) in [5.41, 5.74) is 1.96. The van der Waals surface area contributed by atoms with E-state index in [0.29, 0.717) is 68.3 Å². The summed E-state index contributed by atoms with van der Waals surface area (Å²) in [7, 11) is 1.56. The number of benzene rings is 2. The molecule has 0 N–H and O–H groups in total. The van der Waals surface area contributed by atoms with Crippen LogP contribution in [-0.2, 0) is 9.53 Å². The first-order valence-electron chi connectivity index (χ1n) is 14.5. The normalized spacial score (nSPS) is 14.9. The van der Waals surface area contributed by atoms with Gasteiger partial charge in [0, 0.05) is 0 Å². The minimum Gasteiger partial charge on any atom is -0.493 e. The zero-order valence-electron chi connectivity index (χ0n) is 26.1. The van der Waals surface area contributed by atoms with Gasteiger partial charge in [0.15, 0.2) is 27.8 Å². The van der Waals surface area contributed by atoms with Crippen molar-refractivity contribution in [1.82, 2.24) is 4.57 Å². The summed E-state index contributed by atoms with van der Waals surface area (Å²) in [4.78, 5) is 32.5. The van der Waals surface area contributed by atoms with Crippen LogP contribution in [-0.4, -0.2) is 43.6 Å². The number of ether oxygens (including phenoxy) is 5. The summed E-state index contributed by atoms with van der Waals surface area (Å²) < 4.78 is 30.7. The summed E-state index contributed by atoms with van der Waals surface area (Å²) in [6, 6.07) is 10.3. The van der Waals surface area contributed by atoms with Gasteiger partial charge in [-0.1, -0.05) is 37.3 Å². The van der Waals surface area contributed by atoms with Gasteiger partial charge in [0.1, 0.15) is 0 Å². The van der Waals surface area contributed by atoms with Crippen LogP contribution in [0.3, 0.4) is 0 Å². The predicted molar refractivity (Wildman–Crippen MR) is 167 cm³/mol. The molecule has 1 atom stereocenters. The average molecular weight is 609 g/mol. The van der Waals surface area contributed by atoms with Crippen LogP contribution in [0.25, 0.3) is 6.08 Å². The SMILES string of the molecule is CCOC(=O)C1=C(C)N=c2s/c(=C\c3ccc(OCC(C)C)c(OCC)c3)c(=O)n2[C@@H]1c1ccc(OC(C)C)c(OC)c1. The molecule has 0 aliphatic carbocycles. The van der Waals surface area contributed by atoms with Crippen molar-refractivity contribution in [2.75, 3.05) is 26.9 Å². The van der Waals surface area contributed by atoms with Crippen LogP contribution in [0.15, 0.2) is 57.5 Å². The molecule has 43 heavy (non-hydrogen) atoms. The Bertz CT molecular complexity index is 1680. The number of aromatic nitrogens is 1. The van der Waals surface area contributed by atoms with Crippen LogP contribution in [0, 0.1) is 5.92 Å². The highest BCUT2D eigenvalue weighted by atomic mass is 32.1. The third-order valence-corrected chi connectivity index (χ3v) is 7.50. The molecule has 1 aromatic heterocycles. The van der Waals surface area contributed by atoms with Crippen molar-refractivity contribution in [3.05, 3.63) is 78.5 Å². The lowest BCUT2D eigenvalue weighted by Crippen LogP contribution is -2.40. The summed E-state index contributed by atoms with van der Waals surface area (Å²) in [5.74, 6) is 2.17. The Balaban J connectivity index is 1.87. The van der Waals surface area contributed by atoms with E-state index >= 15 is 0 Å². The number of hydrogen-bond donors (Lipinski definition) is 0. The molecule has 1 aliphatic heterocycles. The number of carbonyl (C=O) groups excluding carboxylic acids is 1. The highest BCUT2D eigenvalue weighted by Crippen LogP contribution is 2.36. The molecule has 2 heterocycles. The van der Waals surface area contributed by atoms with E-state index < -0.39 is 12.0 Å². The van der Waals surface area contributed by atoms with Crippen molar-refractivity contribution < 1.29 is 28.5 Å². The Morgan fingerprint density at radius 3 is 2.40 bits per heavy atom. The quantitative estimate of drug-likeness (QED) is 0.266. The highest BCUT2D eigenvalue weighted by molar-refractivity contribution is 7.07. The Morgan fingerprint density at radius 2 is 1.74 bits per heavy atom. The van der Waals surface area contributed by atoms with Gasteiger partial charge in [0.2, 0.25) is 0 Å². The third-order valence-electron chi connectivity index (χ3n) is 6.52. The predicted octanol–water partition coefficient (Wildman–Crippen LogP) is 5.03. The average Bonchev–Trinajstić information content (AvgIpc) is 3.25. The van der Waals surface area contributed by atoms with Crippen molar-refractivity contribution in [2.24, 2.45) is 10.9 Å². The van der Waals surface area contributed by atoms with Gasteiger partial charge >= 0.3 is 5.97 Å². The van der Waals surface area contributed by atoms with Crippen molar-refractivity contribution in [1.29, 1.82) is 0 Å². The largest absolute Gasteiger partial charge is 0.493 e. The molecule has 0 bridgehead atoms. The Hall–Kier alpha value is -4.05. The van der Waals surface area contributed by atoms with Gasteiger partial charge in [-0.15, -0.1) is 0 Å². The number of fused-ring (bicyclic) bond motifs is 1. The first kappa shape index (κ1) is 31.9. The molecule has 10 heteroatoms. The topological polar surface area (TPSA) is 97.6 Å². The van der Waals surface area contributed by atoms with Crippen molar-refractivity contribution >= 4 is 23.4 Å². The Kier molecular flexibility index (Phi) is 10.3. The Morgan fingerprint density at radius 1 is 1.00 bits per heavy atom. The fourth-order valence-corrected chi connectivity index (χ4v) is 5.77. The van der Waals surface area contributed by atoms with Crippen LogP contribution in [0.2, 0.25) is 0 Å². The lowest BCUT2D eigenvalue weighted by atomic mass is 9.95. The number of allylic oxidation sites excluding steroid dienone is 1. The fraction of sp³-hybridized carbons (Fsp3) is 0.424. The van der Waals surface area contributed by atoms with Crippen molar-refractivity contribution in [3.8, 4) is 23.0 Å². The molecule has 0 unspecified atom stereocenters. The first-order valence-corrected chi connectivity index (χ1v) is 15.3. The summed E-state index contributed by atoms with van der Waals surface area (Å²) in [6.45, 7) is 14.7. The first-order chi connectivity index (χ1) is 20.6. The molecule has 1 aliphatic rings. The van der Waals surface area contributed by atoms with E-state index in [1.807, 2.05) is 45.0 Å². The molecule has 2 aromatic carbocycles. The third kappa shape index (κ3) is 7.13. The molecule has 0 amide bonds. The van der Waals surface area contributed by atoms with E-state index in [1.54, 1.807) is 43.7 Å². The summed E-state index contributed by atoms with van der Waals surface area (Å²) >= 11 is 1.26. The van der Waals surface area contributed by atoms with Gasteiger partial charge in [-0.3, -0.25) is 9.36 Å². The minimum absolute atomic E-state index is 0.0614. The molecule has 0 saturated heterocycles. The molecule has 3 aromatic rings. The number of rotatable bonds is 12. The van der Waals surface area contributed by atoms with Crippen LogP contribution >= 0.6 is 11.3 Å². The number of nitrogens with zero attached hydrogens (tertiary/aromatic N) is 2. The standard InChI is InChI=1S/C33H40N2O7S/c1-9-39-27-15-22(11-13-24(27)41-18-19(3)4)16-28-31(36)35-30(23-12-14-25(42-20(5)6)26(17-23)38-8)29(32(37)40-10-2)21(7)34-33(35)43-28/h11-17,19-20,30H,9-10,18H2,1-8H3/b28-16-/t30-/m1/s1. The second-order valence-corrected chi connectivity index (χ2v) is 11.7. The number of hydrogen-bond acceptors (Lipinski definition) is 9. The van der Waals surface area contributed by atoms with Gasteiger partial charge in [-0.05, 0) is 82.0 Å². The van der Waals surface area contributed by atoms with E-state index in [1.165, 1.54) is 11.3 Å². The lowest BCUT2D eigenvalue weighted by Gasteiger charge is -2.25. The summed E-state index contributed by atoms with van der Waals surface area (Å²) in [5, 5.41) is 0. The molecule has 4 rings (SSSR count). The van der Waals surface area contributed by atoms with E-state index in [9.17, 15) is 9.59 Å². The zero-order chi connectivity index (χ0) is 31.3. The van der Waals surface area contributed by atoms with Gasteiger partial charge in [0.25, 0.3) is 5.56 Å². The molecular weight excluding hydrogens is 568 g/mol. The van der Waals surface area contributed by atoms with Gasteiger partial charge in [0.05, 0.1) is 54.9 Å². The van der Waals surface area contributed by atoms with E-state index in [4.69, 9.17) is 23.7 Å². The monoisotopic (exact) mass is 608 g/mol. The maximum absolute atomic E-state index is 14.1. The van der Waals surface area contributed by atoms with Crippen molar-refractivity contribution in [3.63, 3.8) is 0 Å². The van der Waals surface area contributed by atoms with Crippen molar-refractivity contribution in [2.45, 2.75) is 60.6 Å². The van der Waals surface area contributed by atoms with Gasteiger partial charge < -0.3 is 23.7 Å². The molecule has 230 valence electrons. The molecular formula is C33H40N2O7S. The smallest absolute Gasteiger partial charge is 0.338 e. The van der Waals surface area contributed by atoms with Crippen LogP contribution in [0.1, 0.15) is 65.6 Å². The fourth-order valence-electron chi connectivity index (χ4n) is 4.72. The zero-order valence-corrected chi connectivity index (χ0v) is 26.9. The van der Waals surface area contributed by atoms with Crippen LogP contribution in [0.5, 0.6) is 23.0 Å². The number of carbonyl (C=O) groups is 1. The molecule has 9 nitrogen and oxygen atoms in total. The number of thiazole rings is 1. The maximum Gasteiger partial charge on any atom is 0.338 e. The Labute approximate surface area is 256 Å². The summed E-state index contributed by atoms with van der Waals surface area (Å²) in [6.07, 6.45) is 1.74. The highest BCUT2D eigenvalue weighted by Gasteiger charge is 2.34. The van der Waals surface area contributed by atoms with Gasteiger partial charge in [-0.2, -0.15) is 0 Å².